The normalized spacial score (nSPS) is 20.6. The quantitative estimate of drug-likeness (QED) is 0.618. The lowest BCUT2D eigenvalue weighted by Gasteiger charge is -2.08. The monoisotopic (exact) mass is 260 g/mol. The molecule has 0 bridgehead atoms. The topological polar surface area (TPSA) is 52.6 Å². The molecule has 1 aromatic rings. The van der Waals surface area contributed by atoms with Crippen molar-refractivity contribution in [3.05, 3.63) is 41.5 Å². The molecule has 0 radical (unpaired) electrons. The number of rotatable bonds is 3. The van der Waals surface area contributed by atoms with E-state index in [1.165, 1.54) is 13.2 Å². The fourth-order valence-electron chi connectivity index (χ4n) is 2.26. The lowest BCUT2D eigenvalue weighted by Crippen LogP contribution is -1.99. The molecule has 1 aliphatic carbocycles. The van der Waals surface area contributed by atoms with Crippen LogP contribution in [0.4, 0.5) is 0 Å². The highest BCUT2D eigenvalue weighted by molar-refractivity contribution is 6.03. The van der Waals surface area contributed by atoms with Crippen LogP contribution < -0.4 is 4.74 Å². The molecule has 0 heterocycles. The van der Waals surface area contributed by atoms with Gasteiger partial charge in [0.2, 0.25) is 0 Å². The zero-order valence-corrected chi connectivity index (χ0v) is 11.0. The number of hydrogen-bond donors (Lipinski definition) is 0. The lowest BCUT2D eigenvalue weighted by molar-refractivity contribution is -0.135. The van der Waals surface area contributed by atoms with Crippen LogP contribution in [0.15, 0.2) is 35.9 Å². The van der Waals surface area contributed by atoms with Crippen molar-refractivity contribution in [2.24, 2.45) is 0 Å². The van der Waals surface area contributed by atoms with Crippen LogP contribution in [0.5, 0.6) is 5.75 Å². The first-order valence-electron chi connectivity index (χ1n) is 6.09. The number of allylic oxidation sites excluding steroid dienone is 1. The minimum atomic E-state index is -0.473. The third-order valence-electron chi connectivity index (χ3n) is 3.34. The standard InChI is InChI=1S/C15H16O4/c1-18-13-5-3-10(4-6-13)11-7-12(14(16)8-11)9-15(17)19-2/h3-6,9,11H,7-8H2,1-2H3/b12-9-. The molecule has 1 atom stereocenters. The van der Waals surface area contributed by atoms with Crippen LogP contribution in [0.2, 0.25) is 0 Å². The van der Waals surface area contributed by atoms with Gasteiger partial charge in [0.25, 0.3) is 0 Å². The molecule has 0 N–H and O–H groups in total. The second kappa shape index (κ2) is 5.69. The van der Waals surface area contributed by atoms with Crippen LogP contribution in [0.3, 0.4) is 0 Å². The van der Waals surface area contributed by atoms with Gasteiger partial charge in [-0.3, -0.25) is 4.79 Å². The van der Waals surface area contributed by atoms with E-state index in [1.807, 2.05) is 24.3 Å². The summed E-state index contributed by atoms with van der Waals surface area (Å²) in [6.45, 7) is 0. The smallest absolute Gasteiger partial charge is 0.330 e. The number of Topliss-reactive ketones (excluding diaryl/α,β-unsaturated/α-hetero) is 1. The van der Waals surface area contributed by atoms with Crippen LogP contribution in [0.1, 0.15) is 24.3 Å². The molecular weight excluding hydrogens is 244 g/mol. The van der Waals surface area contributed by atoms with E-state index >= 15 is 0 Å². The van der Waals surface area contributed by atoms with Crippen LogP contribution >= 0.6 is 0 Å². The average Bonchev–Trinajstić information content (AvgIpc) is 2.80. The van der Waals surface area contributed by atoms with Crippen LogP contribution in [0.25, 0.3) is 0 Å². The molecule has 0 saturated heterocycles. The number of benzene rings is 1. The maximum Gasteiger partial charge on any atom is 0.330 e. The number of esters is 1. The van der Waals surface area contributed by atoms with E-state index in [9.17, 15) is 9.59 Å². The van der Waals surface area contributed by atoms with Gasteiger partial charge in [-0.2, -0.15) is 0 Å². The first-order chi connectivity index (χ1) is 9.13. The van der Waals surface area contributed by atoms with Gasteiger partial charge in [0.05, 0.1) is 14.2 Å². The summed E-state index contributed by atoms with van der Waals surface area (Å²) in [5.74, 6) is 0.470. The van der Waals surface area contributed by atoms with Crippen molar-refractivity contribution in [2.75, 3.05) is 14.2 Å². The first-order valence-corrected chi connectivity index (χ1v) is 6.09. The third kappa shape index (κ3) is 3.02. The number of hydrogen-bond acceptors (Lipinski definition) is 4. The number of methoxy groups -OCH3 is 2. The first kappa shape index (κ1) is 13.3. The Balaban J connectivity index is 2.13. The van der Waals surface area contributed by atoms with Gasteiger partial charge in [-0.05, 0) is 30.0 Å². The van der Waals surface area contributed by atoms with Gasteiger partial charge < -0.3 is 9.47 Å². The van der Waals surface area contributed by atoms with Crippen molar-refractivity contribution < 1.29 is 19.1 Å². The van der Waals surface area contributed by atoms with Crippen LogP contribution in [-0.2, 0) is 14.3 Å². The molecule has 0 aromatic heterocycles. The maximum absolute atomic E-state index is 11.8. The van der Waals surface area contributed by atoms with E-state index in [0.717, 1.165) is 11.3 Å². The minimum Gasteiger partial charge on any atom is -0.497 e. The van der Waals surface area contributed by atoms with Gasteiger partial charge in [-0.25, -0.2) is 4.79 Å². The molecule has 19 heavy (non-hydrogen) atoms. The van der Waals surface area contributed by atoms with E-state index in [1.54, 1.807) is 7.11 Å². The largest absolute Gasteiger partial charge is 0.497 e. The van der Waals surface area contributed by atoms with Gasteiger partial charge in [0.15, 0.2) is 5.78 Å². The third-order valence-corrected chi connectivity index (χ3v) is 3.34. The molecule has 0 spiro atoms. The Morgan fingerprint density at radius 1 is 1.21 bits per heavy atom. The summed E-state index contributed by atoms with van der Waals surface area (Å²) in [4.78, 5) is 23.0. The number of carbonyl (C=O) groups excluding carboxylic acids is 2. The summed E-state index contributed by atoms with van der Waals surface area (Å²) < 4.78 is 9.65. The molecule has 1 fully saturated rings. The lowest BCUT2D eigenvalue weighted by atomic mass is 9.97. The van der Waals surface area contributed by atoms with Gasteiger partial charge in [-0.15, -0.1) is 0 Å². The maximum atomic E-state index is 11.8. The molecule has 0 aliphatic heterocycles. The predicted molar refractivity (Wildman–Crippen MR) is 70.1 cm³/mol. The summed E-state index contributed by atoms with van der Waals surface area (Å²) in [5, 5.41) is 0. The fourth-order valence-corrected chi connectivity index (χ4v) is 2.26. The van der Waals surface area contributed by atoms with Crippen LogP contribution in [0, 0.1) is 0 Å². The Labute approximate surface area is 112 Å². The molecule has 4 heteroatoms. The molecule has 1 aliphatic rings. The van der Waals surface area contributed by atoms with Gasteiger partial charge >= 0.3 is 5.97 Å². The summed E-state index contributed by atoms with van der Waals surface area (Å²) in [5.41, 5.74) is 1.63. The molecule has 2 rings (SSSR count). The highest BCUT2D eigenvalue weighted by Gasteiger charge is 2.29. The Kier molecular flexibility index (Phi) is 4.00. The highest BCUT2D eigenvalue weighted by atomic mass is 16.5. The Morgan fingerprint density at radius 2 is 1.89 bits per heavy atom. The molecule has 1 saturated carbocycles. The molecule has 1 aromatic carbocycles. The van der Waals surface area contributed by atoms with Crippen molar-refractivity contribution in [3.8, 4) is 5.75 Å². The van der Waals surface area contributed by atoms with Crippen molar-refractivity contribution in [2.45, 2.75) is 18.8 Å². The molecular formula is C15H16O4. The molecule has 100 valence electrons. The van der Waals surface area contributed by atoms with Crippen molar-refractivity contribution in [1.29, 1.82) is 0 Å². The van der Waals surface area contributed by atoms with Gasteiger partial charge in [0.1, 0.15) is 5.75 Å². The minimum absolute atomic E-state index is 0.0196. The zero-order chi connectivity index (χ0) is 13.8. The van der Waals surface area contributed by atoms with Crippen molar-refractivity contribution in [1.82, 2.24) is 0 Å². The average molecular weight is 260 g/mol. The molecule has 1 unspecified atom stereocenters. The summed E-state index contributed by atoms with van der Waals surface area (Å²) in [6, 6.07) is 7.67. The number of carbonyl (C=O) groups is 2. The van der Waals surface area contributed by atoms with Crippen molar-refractivity contribution >= 4 is 11.8 Å². The van der Waals surface area contributed by atoms with Gasteiger partial charge in [-0.1, -0.05) is 12.1 Å². The van der Waals surface area contributed by atoms with E-state index in [2.05, 4.69) is 4.74 Å². The second-order valence-electron chi connectivity index (χ2n) is 4.49. The van der Waals surface area contributed by atoms with E-state index in [0.29, 0.717) is 18.4 Å². The summed E-state index contributed by atoms with van der Waals surface area (Å²) in [6.07, 6.45) is 2.32. The number of ketones is 1. The molecule has 0 amide bonds. The zero-order valence-electron chi connectivity index (χ0n) is 11.0. The van der Waals surface area contributed by atoms with Gasteiger partial charge in [0, 0.05) is 18.1 Å². The summed E-state index contributed by atoms with van der Waals surface area (Å²) >= 11 is 0. The highest BCUT2D eigenvalue weighted by Crippen LogP contribution is 2.36. The Morgan fingerprint density at radius 3 is 2.47 bits per heavy atom. The SMILES string of the molecule is COC(=O)/C=C1/CC(c2ccc(OC)cc2)CC1=O. The summed E-state index contributed by atoms with van der Waals surface area (Å²) in [7, 11) is 2.92. The van der Waals surface area contributed by atoms with E-state index in [4.69, 9.17) is 4.74 Å². The predicted octanol–water partition coefficient (Wildman–Crippen LogP) is 2.24. The number of ether oxygens (including phenoxy) is 2. The Hall–Kier alpha value is -2.10. The van der Waals surface area contributed by atoms with E-state index in [-0.39, 0.29) is 11.7 Å². The fraction of sp³-hybridized carbons (Fsp3) is 0.333. The van der Waals surface area contributed by atoms with E-state index < -0.39 is 5.97 Å². The molecule has 4 nitrogen and oxygen atoms in total. The van der Waals surface area contributed by atoms with Crippen molar-refractivity contribution in [3.63, 3.8) is 0 Å². The second-order valence-corrected chi connectivity index (χ2v) is 4.49. The Bertz CT molecular complexity index is 513. The van der Waals surface area contributed by atoms with Crippen LogP contribution in [-0.4, -0.2) is 26.0 Å².